The number of benzene rings is 2. The molecule has 2 aromatic carbocycles. The molecular formula is C27H30F3N5O2. The zero-order valence-corrected chi connectivity index (χ0v) is 20.9. The summed E-state index contributed by atoms with van der Waals surface area (Å²) >= 11 is 0. The number of rotatable bonds is 7. The molecule has 7 nitrogen and oxygen atoms in total. The van der Waals surface area contributed by atoms with Gasteiger partial charge in [0.05, 0.1) is 25.0 Å². The van der Waals surface area contributed by atoms with Gasteiger partial charge >= 0.3 is 0 Å². The van der Waals surface area contributed by atoms with E-state index in [1.165, 1.54) is 12.1 Å². The maximum absolute atomic E-state index is 15.0. The molecule has 10 heteroatoms. The van der Waals surface area contributed by atoms with E-state index in [4.69, 9.17) is 9.47 Å². The molecule has 0 bridgehead atoms. The van der Waals surface area contributed by atoms with Gasteiger partial charge in [0.2, 0.25) is 5.95 Å². The predicted octanol–water partition coefficient (Wildman–Crippen LogP) is 4.96. The largest absolute Gasteiger partial charge is 0.486 e. The van der Waals surface area contributed by atoms with Gasteiger partial charge in [0, 0.05) is 24.9 Å². The zero-order valence-electron chi connectivity index (χ0n) is 20.9. The lowest BCUT2D eigenvalue weighted by Crippen LogP contribution is -2.35. The van der Waals surface area contributed by atoms with Crippen LogP contribution in [0.25, 0.3) is 11.3 Å². The highest BCUT2D eigenvalue weighted by atomic mass is 19.1. The Bertz CT molecular complexity index is 1270. The summed E-state index contributed by atoms with van der Waals surface area (Å²) in [6.07, 6.45) is 2.84. The van der Waals surface area contributed by atoms with Crippen LogP contribution in [-0.4, -0.2) is 68.4 Å². The first kappa shape index (κ1) is 25.3. The number of aromatic nitrogens is 2. The molecule has 5 rings (SSSR count). The highest BCUT2D eigenvalue weighted by Gasteiger charge is 2.25. The van der Waals surface area contributed by atoms with Crippen LogP contribution in [0.15, 0.2) is 36.5 Å². The third kappa shape index (κ3) is 5.50. The topological polar surface area (TPSA) is 62.8 Å². The maximum Gasteiger partial charge on any atom is 0.227 e. The number of piperidine rings is 1. The van der Waals surface area contributed by atoms with E-state index in [-0.39, 0.29) is 34.7 Å². The fourth-order valence-electron chi connectivity index (χ4n) is 4.92. The molecule has 1 aromatic heterocycles. The lowest BCUT2D eigenvalue weighted by Gasteiger charge is -2.31. The van der Waals surface area contributed by atoms with Crippen LogP contribution in [0.2, 0.25) is 0 Å². The normalized spacial score (nSPS) is 16.4. The average molecular weight is 514 g/mol. The highest BCUT2D eigenvalue weighted by Crippen LogP contribution is 2.38. The number of anilines is 3. The Morgan fingerprint density at radius 1 is 1.05 bits per heavy atom. The zero-order chi connectivity index (χ0) is 25.9. The van der Waals surface area contributed by atoms with Crippen molar-refractivity contribution in [2.75, 3.05) is 63.8 Å². The van der Waals surface area contributed by atoms with Crippen LogP contribution in [0.1, 0.15) is 24.3 Å². The van der Waals surface area contributed by atoms with E-state index >= 15 is 0 Å². The molecule has 0 aliphatic carbocycles. The molecule has 0 saturated carbocycles. The lowest BCUT2D eigenvalue weighted by atomic mass is 9.89. The van der Waals surface area contributed by atoms with Crippen molar-refractivity contribution in [3.63, 3.8) is 0 Å². The van der Waals surface area contributed by atoms with E-state index in [1.54, 1.807) is 25.3 Å². The van der Waals surface area contributed by atoms with E-state index < -0.39 is 11.6 Å². The molecular weight excluding hydrogens is 483 g/mol. The van der Waals surface area contributed by atoms with E-state index in [0.29, 0.717) is 43.2 Å². The Morgan fingerprint density at radius 3 is 2.62 bits per heavy atom. The van der Waals surface area contributed by atoms with Crippen LogP contribution in [0.4, 0.5) is 30.5 Å². The van der Waals surface area contributed by atoms with Gasteiger partial charge in [0.15, 0.2) is 17.4 Å². The van der Waals surface area contributed by atoms with Gasteiger partial charge in [-0.25, -0.2) is 23.1 Å². The second kappa shape index (κ2) is 10.9. The van der Waals surface area contributed by atoms with Gasteiger partial charge in [-0.15, -0.1) is 0 Å². The number of nitrogens with zero attached hydrogens (tertiary/aromatic N) is 4. The Kier molecular flexibility index (Phi) is 7.48. The van der Waals surface area contributed by atoms with Crippen molar-refractivity contribution in [3.8, 4) is 17.0 Å². The molecule has 1 fully saturated rings. The molecule has 1 saturated heterocycles. The molecule has 2 aliphatic heterocycles. The Morgan fingerprint density at radius 2 is 1.86 bits per heavy atom. The van der Waals surface area contributed by atoms with Crippen LogP contribution in [-0.2, 0) is 4.74 Å². The Labute approximate surface area is 214 Å². The quantitative estimate of drug-likeness (QED) is 0.479. The van der Waals surface area contributed by atoms with Crippen LogP contribution in [0.3, 0.4) is 0 Å². The number of hydrogen-bond acceptors (Lipinski definition) is 7. The van der Waals surface area contributed by atoms with Crippen molar-refractivity contribution in [1.82, 2.24) is 14.9 Å². The van der Waals surface area contributed by atoms with Crippen LogP contribution >= 0.6 is 0 Å². The molecule has 0 spiro atoms. The monoisotopic (exact) mass is 513 g/mol. The first-order valence-corrected chi connectivity index (χ1v) is 12.4. The van der Waals surface area contributed by atoms with Crippen molar-refractivity contribution in [2.24, 2.45) is 0 Å². The fraction of sp³-hybridized carbons (Fsp3) is 0.407. The molecule has 1 N–H and O–H groups in total. The minimum absolute atomic E-state index is 0.0696. The van der Waals surface area contributed by atoms with Gasteiger partial charge in [-0.05, 0) is 68.7 Å². The predicted molar refractivity (Wildman–Crippen MR) is 136 cm³/mol. The minimum atomic E-state index is -0.700. The number of methoxy groups -OCH3 is 1. The van der Waals surface area contributed by atoms with Crippen LogP contribution < -0.4 is 15.0 Å². The van der Waals surface area contributed by atoms with Gasteiger partial charge in [-0.3, -0.25) is 0 Å². The van der Waals surface area contributed by atoms with Gasteiger partial charge < -0.3 is 24.6 Å². The summed E-state index contributed by atoms with van der Waals surface area (Å²) in [4.78, 5) is 12.5. The summed E-state index contributed by atoms with van der Waals surface area (Å²) in [6, 6.07) is 7.81. The van der Waals surface area contributed by atoms with Crippen molar-refractivity contribution < 1.29 is 22.6 Å². The van der Waals surface area contributed by atoms with E-state index in [0.717, 1.165) is 32.1 Å². The van der Waals surface area contributed by atoms with E-state index in [9.17, 15) is 13.2 Å². The van der Waals surface area contributed by atoms with Crippen molar-refractivity contribution in [3.05, 3.63) is 59.5 Å². The number of fused-ring (bicyclic) bond motifs is 1. The number of likely N-dealkylation sites (tertiary alicyclic amines) is 1. The van der Waals surface area contributed by atoms with Crippen LogP contribution in [0, 0.1) is 17.5 Å². The van der Waals surface area contributed by atoms with Crippen molar-refractivity contribution in [1.29, 1.82) is 0 Å². The highest BCUT2D eigenvalue weighted by molar-refractivity contribution is 5.73. The van der Waals surface area contributed by atoms with Crippen LogP contribution in [0.5, 0.6) is 5.75 Å². The standard InChI is InChI=1S/C27H30F3N5O2/c1-34-7-5-17(6-8-34)20-4-3-19(15-21(20)28)32-27-31-16-23(30)25(33-27)18-13-22(29)26-24(14-18)35(9-11-36-2)10-12-37-26/h3-4,13-17H,5-12H2,1-2H3,(H,31,32,33). The molecule has 2 aliphatic rings. The number of ether oxygens (including phenoxy) is 2. The summed E-state index contributed by atoms with van der Waals surface area (Å²) < 4.78 is 55.4. The Hall–Kier alpha value is -3.37. The summed E-state index contributed by atoms with van der Waals surface area (Å²) in [6.45, 7) is 3.77. The van der Waals surface area contributed by atoms with E-state index in [2.05, 4.69) is 27.2 Å². The summed E-state index contributed by atoms with van der Waals surface area (Å²) in [7, 11) is 3.66. The summed E-state index contributed by atoms with van der Waals surface area (Å²) in [5.74, 6) is -1.21. The third-order valence-electron chi connectivity index (χ3n) is 6.97. The lowest BCUT2D eigenvalue weighted by molar-refractivity contribution is 0.200. The Balaban J connectivity index is 1.40. The molecule has 0 amide bonds. The van der Waals surface area contributed by atoms with Crippen molar-refractivity contribution >= 4 is 17.3 Å². The molecule has 37 heavy (non-hydrogen) atoms. The summed E-state index contributed by atoms with van der Waals surface area (Å²) in [5.41, 5.74) is 1.83. The second-order valence-electron chi connectivity index (χ2n) is 9.46. The molecule has 0 radical (unpaired) electrons. The molecule has 3 aromatic rings. The molecule has 0 unspecified atom stereocenters. The average Bonchev–Trinajstić information content (AvgIpc) is 2.89. The first-order valence-electron chi connectivity index (χ1n) is 12.4. The molecule has 0 atom stereocenters. The number of hydrogen-bond donors (Lipinski definition) is 1. The van der Waals surface area contributed by atoms with E-state index in [1.807, 2.05) is 4.90 Å². The minimum Gasteiger partial charge on any atom is -0.486 e. The number of nitrogens with one attached hydrogen (secondary N) is 1. The molecule has 3 heterocycles. The van der Waals surface area contributed by atoms with Gasteiger partial charge in [0.1, 0.15) is 18.1 Å². The number of halogens is 3. The van der Waals surface area contributed by atoms with Gasteiger partial charge in [0.25, 0.3) is 0 Å². The van der Waals surface area contributed by atoms with Gasteiger partial charge in [-0.2, -0.15) is 0 Å². The molecule has 196 valence electrons. The smallest absolute Gasteiger partial charge is 0.227 e. The SMILES string of the molecule is COCCN1CCOc2c(F)cc(-c3nc(Nc4ccc(C5CCN(C)CC5)c(F)c4)ncc3F)cc21. The third-order valence-corrected chi connectivity index (χ3v) is 6.97. The maximum atomic E-state index is 15.0. The fourth-order valence-corrected chi connectivity index (χ4v) is 4.92. The second-order valence-corrected chi connectivity index (χ2v) is 9.46. The van der Waals surface area contributed by atoms with Crippen molar-refractivity contribution in [2.45, 2.75) is 18.8 Å². The first-order chi connectivity index (χ1) is 17.9. The van der Waals surface area contributed by atoms with Gasteiger partial charge in [-0.1, -0.05) is 6.07 Å². The summed E-state index contributed by atoms with van der Waals surface area (Å²) in [5, 5.41) is 2.95.